The summed E-state index contributed by atoms with van der Waals surface area (Å²) in [6.07, 6.45) is 0.644. The van der Waals surface area contributed by atoms with Crippen molar-refractivity contribution in [3.63, 3.8) is 0 Å². The lowest BCUT2D eigenvalue weighted by molar-refractivity contribution is 0.224. The maximum absolute atomic E-state index is 11.7. The fraction of sp³-hybridized carbons (Fsp3) is 0.632. The molecule has 1 aromatic rings. The van der Waals surface area contributed by atoms with Gasteiger partial charge in [0.15, 0.2) is 15.8 Å². The Kier molecular flexibility index (Phi) is 10.6. The second-order valence-electron chi connectivity index (χ2n) is 6.61. The van der Waals surface area contributed by atoms with E-state index >= 15 is 0 Å². The summed E-state index contributed by atoms with van der Waals surface area (Å²) in [5.74, 6) is 1.15. The van der Waals surface area contributed by atoms with Gasteiger partial charge in [0, 0.05) is 12.6 Å². The molecule has 2 rings (SSSR count). The van der Waals surface area contributed by atoms with Gasteiger partial charge in [0.1, 0.15) is 0 Å². The summed E-state index contributed by atoms with van der Waals surface area (Å²) in [6.45, 7) is 9.62. The van der Waals surface area contributed by atoms with E-state index in [9.17, 15) is 8.42 Å². The molecule has 0 aliphatic carbocycles. The Hall–Kier alpha value is -0.870. The molecule has 0 bridgehead atoms. The van der Waals surface area contributed by atoms with Crippen molar-refractivity contribution in [3.05, 3.63) is 35.9 Å². The van der Waals surface area contributed by atoms with Crippen LogP contribution in [0.5, 0.6) is 0 Å². The van der Waals surface area contributed by atoms with Gasteiger partial charge in [-0.1, -0.05) is 44.2 Å². The highest BCUT2D eigenvalue weighted by Gasteiger charge is 2.28. The molecule has 1 heterocycles. The van der Waals surface area contributed by atoms with Gasteiger partial charge in [0.2, 0.25) is 0 Å². The van der Waals surface area contributed by atoms with E-state index in [0.717, 1.165) is 19.6 Å². The molecule has 0 aromatic heterocycles. The predicted molar refractivity (Wildman–Crippen MR) is 124 cm³/mol. The maximum atomic E-state index is 11.7. The number of guanidine groups is 1. The molecular weight excluding hydrogens is 475 g/mol. The van der Waals surface area contributed by atoms with E-state index in [2.05, 4.69) is 53.6 Å². The molecule has 2 unspecified atom stereocenters. The fourth-order valence-electron chi connectivity index (χ4n) is 3.37. The van der Waals surface area contributed by atoms with Crippen LogP contribution in [0.25, 0.3) is 0 Å². The zero-order chi connectivity index (χ0) is 19.0. The molecule has 27 heavy (non-hydrogen) atoms. The van der Waals surface area contributed by atoms with Gasteiger partial charge in [-0.2, -0.15) is 0 Å². The molecule has 1 aliphatic rings. The number of sulfone groups is 1. The molecule has 0 amide bonds. The molecule has 2 N–H and O–H groups in total. The molecule has 154 valence electrons. The molecule has 1 fully saturated rings. The second-order valence-corrected chi connectivity index (χ2v) is 8.84. The third-order valence-corrected chi connectivity index (χ3v) is 6.55. The zero-order valence-corrected chi connectivity index (χ0v) is 19.7. The Morgan fingerprint density at radius 2 is 1.89 bits per heavy atom. The topological polar surface area (TPSA) is 73.8 Å². The van der Waals surface area contributed by atoms with Crippen LogP contribution < -0.4 is 10.6 Å². The highest BCUT2D eigenvalue weighted by Crippen LogP contribution is 2.20. The third kappa shape index (κ3) is 7.57. The van der Waals surface area contributed by atoms with Crippen LogP contribution in [0, 0.1) is 0 Å². The normalized spacial score (nSPS) is 20.1. The van der Waals surface area contributed by atoms with Crippen LogP contribution in [-0.2, 0) is 9.84 Å². The molecule has 2 atom stereocenters. The lowest BCUT2D eigenvalue weighted by Crippen LogP contribution is -2.44. The lowest BCUT2D eigenvalue weighted by atomic mass is 10.1. The van der Waals surface area contributed by atoms with Crippen molar-refractivity contribution in [1.82, 2.24) is 15.5 Å². The number of hydrogen-bond acceptors (Lipinski definition) is 4. The molecule has 8 heteroatoms. The summed E-state index contributed by atoms with van der Waals surface area (Å²) >= 11 is 0. The van der Waals surface area contributed by atoms with E-state index in [1.165, 1.54) is 5.56 Å². The summed E-state index contributed by atoms with van der Waals surface area (Å²) in [6, 6.07) is 10.6. The van der Waals surface area contributed by atoms with Crippen molar-refractivity contribution in [2.24, 2.45) is 4.99 Å². The Labute approximate surface area is 181 Å². The van der Waals surface area contributed by atoms with Crippen LogP contribution in [0.3, 0.4) is 0 Å². The predicted octanol–water partition coefficient (Wildman–Crippen LogP) is 2.43. The van der Waals surface area contributed by atoms with Gasteiger partial charge in [0.25, 0.3) is 0 Å². The van der Waals surface area contributed by atoms with Crippen LogP contribution in [0.4, 0.5) is 0 Å². The summed E-state index contributed by atoms with van der Waals surface area (Å²) in [5, 5.41) is 6.54. The average Bonchev–Trinajstić information content (AvgIpc) is 2.98. The van der Waals surface area contributed by atoms with Crippen molar-refractivity contribution < 1.29 is 8.42 Å². The molecule has 1 saturated heterocycles. The molecule has 1 aliphatic heterocycles. The van der Waals surface area contributed by atoms with Gasteiger partial charge in [-0.3, -0.25) is 9.89 Å². The monoisotopic (exact) mass is 508 g/mol. The minimum Gasteiger partial charge on any atom is -0.357 e. The van der Waals surface area contributed by atoms with Crippen molar-refractivity contribution in [2.45, 2.75) is 39.3 Å². The summed E-state index contributed by atoms with van der Waals surface area (Å²) in [4.78, 5) is 7.17. The number of halogens is 1. The van der Waals surface area contributed by atoms with Gasteiger partial charge in [-0.05, 0) is 32.0 Å². The Morgan fingerprint density at radius 1 is 1.22 bits per heavy atom. The minimum atomic E-state index is -2.91. The number of likely N-dealkylation sites (N-methyl/N-ethyl adjacent to an activating group) is 1. The maximum Gasteiger partial charge on any atom is 0.191 e. The van der Waals surface area contributed by atoms with Gasteiger partial charge < -0.3 is 10.6 Å². The van der Waals surface area contributed by atoms with E-state index < -0.39 is 9.84 Å². The Balaban J connectivity index is 0.00000364. The molecule has 0 saturated carbocycles. The molecule has 0 radical (unpaired) electrons. The minimum absolute atomic E-state index is 0. The van der Waals surface area contributed by atoms with Crippen molar-refractivity contribution in [1.29, 1.82) is 0 Å². The molecule has 6 nitrogen and oxygen atoms in total. The van der Waals surface area contributed by atoms with E-state index in [-0.39, 0.29) is 47.6 Å². The quantitative estimate of drug-likeness (QED) is 0.321. The van der Waals surface area contributed by atoms with E-state index in [0.29, 0.717) is 18.9 Å². The first kappa shape index (κ1) is 24.2. The van der Waals surface area contributed by atoms with E-state index in [1.807, 2.05) is 13.0 Å². The average molecular weight is 508 g/mol. The van der Waals surface area contributed by atoms with Crippen LogP contribution in [-0.4, -0.2) is 63.0 Å². The number of rotatable bonds is 8. The first-order valence-electron chi connectivity index (χ1n) is 9.53. The van der Waals surface area contributed by atoms with Gasteiger partial charge in [-0.25, -0.2) is 8.42 Å². The number of aliphatic imine (C=N–C) groups is 1. The highest BCUT2D eigenvalue weighted by atomic mass is 127. The van der Waals surface area contributed by atoms with Gasteiger partial charge in [0.05, 0.1) is 24.1 Å². The first-order valence-corrected chi connectivity index (χ1v) is 11.4. The van der Waals surface area contributed by atoms with Crippen molar-refractivity contribution >= 4 is 39.8 Å². The van der Waals surface area contributed by atoms with E-state index in [1.54, 1.807) is 0 Å². The van der Waals surface area contributed by atoms with Crippen LogP contribution in [0.2, 0.25) is 0 Å². The largest absolute Gasteiger partial charge is 0.357 e. The summed E-state index contributed by atoms with van der Waals surface area (Å²) < 4.78 is 23.4. The second kappa shape index (κ2) is 11.9. The van der Waals surface area contributed by atoms with Crippen molar-refractivity contribution in [3.8, 4) is 0 Å². The zero-order valence-electron chi connectivity index (χ0n) is 16.5. The fourth-order valence-corrected chi connectivity index (χ4v) is 5.04. The number of nitrogens with one attached hydrogen (secondary N) is 2. The van der Waals surface area contributed by atoms with Gasteiger partial charge in [-0.15, -0.1) is 24.0 Å². The van der Waals surface area contributed by atoms with Crippen molar-refractivity contribution in [2.75, 3.05) is 37.7 Å². The summed E-state index contributed by atoms with van der Waals surface area (Å²) in [5.41, 5.74) is 1.25. The molecule has 1 aromatic carbocycles. The number of hydrogen-bond donors (Lipinski definition) is 2. The van der Waals surface area contributed by atoms with Crippen LogP contribution in [0.15, 0.2) is 35.3 Å². The molecule has 0 spiro atoms. The highest BCUT2D eigenvalue weighted by molar-refractivity contribution is 14.0. The summed E-state index contributed by atoms with van der Waals surface area (Å²) in [7, 11) is -2.91. The third-order valence-electron chi connectivity index (χ3n) is 4.78. The Bertz CT molecular complexity index is 678. The number of nitrogens with zero attached hydrogens (tertiary/aromatic N) is 2. The van der Waals surface area contributed by atoms with Gasteiger partial charge >= 0.3 is 0 Å². The number of benzene rings is 1. The smallest absolute Gasteiger partial charge is 0.191 e. The van der Waals surface area contributed by atoms with Crippen LogP contribution >= 0.6 is 24.0 Å². The van der Waals surface area contributed by atoms with Crippen LogP contribution in [0.1, 0.15) is 38.8 Å². The first-order chi connectivity index (χ1) is 12.5. The van der Waals surface area contributed by atoms with E-state index in [4.69, 9.17) is 4.99 Å². The lowest BCUT2D eigenvalue weighted by Gasteiger charge is -2.29. The Morgan fingerprint density at radius 3 is 2.41 bits per heavy atom. The standard InChI is InChI=1S/C19H32N4O2S.HI/c1-4-20-19(22-17-12-13-26(24,25)15-17)21-14-18(23(5-2)6-3)16-10-8-7-9-11-16;/h7-11,17-18H,4-6,12-15H2,1-3H3,(H2,20,21,22);1H. The SMILES string of the molecule is CCNC(=NCC(c1ccccc1)N(CC)CC)NC1CCS(=O)(=O)C1.I. The molecular formula is C19H33IN4O2S.